The number of amides is 3. The highest BCUT2D eigenvalue weighted by Gasteiger charge is 2.40. The topological polar surface area (TPSA) is 104 Å². The molecule has 0 aliphatic carbocycles. The largest absolute Gasteiger partial charge is 0.480 e. The van der Waals surface area contributed by atoms with Crippen molar-refractivity contribution in [2.75, 3.05) is 13.1 Å². The number of hydrogen-bond acceptors (Lipinski definition) is 3. The quantitative estimate of drug-likeness (QED) is 0.736. The third-order valence-electron chi connectivity index (χ3n) is 3.86. The van der Waals surface area contributed by atoms with Crippen molar-refractivity contribution >= 4 is 17.9 Å². The SMILES string of the molecule is NC(=O)C1CCCCN1C(=O)N1CCC[C@H]1C(=O)O. The molecule has 2 rings (SSSR count). The molecule has 19 heavy (non-hydrogen) atoms. The van der Waals surface area contributed by atoms with Crippen LogP contribution in [0.3, 0.4) is 0 Å². The Morgan fingerprint density at radius 3 is 2.16 bits per heavy atom. The molecule has 7 heteroatoms. The molecule has 2 fully saturated rings. The van der Waals surface area contributed by atoms with Crippen molar-refractivity contribution in [3.05, 3.63) is 0 Å². The second kappa shape index (κ2) is 5.46. The van der Waals surface area contributed by atoms with Crippen LogP contribution in [0, 0.1) is 0 Å². The highest BCUT2D eigenvalue weighted by atomic mass is 16.4. The highest BCUT2D eigenvalue weighted by molar-refractivity contribution is 5.88. The molecule has 2 aliphatic rings. The molecule has 106 valence electrons. The molecular weight excluding hydrogens is 250 g/mol. The number of primary amides is 1. The Hall–Kier alpha value is -1.79. The van der Waals surface area contributed by atoms with Crippen molar-refractivity contribution in [2.45, 2.75) is 44.2 Å². The van der Waals surface area contributed by atoms with Gasteiger partial charge in [-0.2, -0.15) is 0 Å². The molecule has 2 atom stereocenters. The van der Waals surface area contributed by atoms with Gasteiger partial charge >= 0.3 is 12.0 Å². The normalized spacial score (nSPS) is 27.4. The van der Waals surface area contributed by atoms with E-state index in [1.165, 1.54) is 9.80 Å². The fraction of sp³-hybridized carbons (Fsp3) is 0.750. The maximum atomic E-state index is 12.4. The van der Waals surface area contributed by atoms with Crippen molar-refractivity contribution in [2.24, 2.45) is 5.73 Å². The Labute approximate surface area is 111 Å². The lowest BCUT2D eigenvalue weighted by Crippen LogP contribution is -2.56. The first-order valence-electron chi connectivity index (χ1n) is 6.61. The molecular formula is C12H19N3O4. The number of likely N-dealkylation sites (tertiary alicyclic amines) is 2. The number of carboxylic acids is 1. The van der Waals surface area contributed by atoms with Crippen molar-refractivity contribution in [3.8, 4) is 0 Å². The van der Waals surface area contributed by atoms with Crippen molar-refractivity contribution in [3.63, 3.8) is 0 Å². The lowest BCUT2D eigenvalue weighted by molar-refractivity contribution is -0.141. The molecule has 0 radical (unpaired) electrons. The van der Waals surface area contributed by atoms with E-state index < -0.39 is 24.0 Å². The third kappa shape index (κ3) is 2.64. The monoisotopic (exact) mass is 269 g/mol. The van der Waals surface area contributed by atoms with Gasteiger partial charge in [-0.15, -0.1) is 0 Å². The van der Waals surface area contributed by atoms with Gasteiger partial charge in [0.1, 0.15) is 12.1 Å². The summed E-state index contributed by atoms with van der Waals surface area (Å²) >= 11 is 0. The molecule has 0 saturated carbocycles. The van der Waals surface area contributed by atoms with Crippen molar-refractivity contribution in [1.82, 2.24) is 9.80 Å². The van der Waals surface area contributed by atoms with Gasteiger partial charge in [-0.25, -0.2) is 9.59 Å². The number of nitrogens with zero attached hydrogens (tertiary/aromatic N) is 2. The van der Waals surface area contributed by atoms with E-state index in [1.807, 2.05) is 0 Å². The maximum absolute atomic E-state index is 12.4. The summed E-state index contributed by atoms with van der Waals surface area (Å²) in [6.07, 6.45) is 3.39. The zero-order chi connectivity index (χ0) is 14.0. The predicted octanol–water partition coefficient (Wildman–Crippen LogP) is -0.00480. The third-order valence-corrected chi connectivity index (χ3v) is 3.86. The zero-order valence-electron chi connectivity index (χ0n) is 10.7. The van der Waals surface area contributed by atoms with Crippen LogP contribution in [0.2, 0.25) is 0 Å². The molecule has 0 aromatic carbocycles. The van der Waals surface area contributed by atoms with Gasteiger partial charge < -0.3 is 20.6 Å². The Morgan fingerprint density at radius 1 is 0.947 bits per heavy atom. The van der Waals surface area contributed by atoms with E-state index >= 15 is 0 Å². The first kappa shape index (κ1) is 13.6. The van der Waals surface area contributed by atoms with Crippen LogP contribution in [0.4, 0.5) is 4.79 Å². The van der Waals surface area contributed by atoms with Crippen molar-refractivity contribution in [1.29, 1.82) is 0 Å². The molecule has 0 bridgehead atoms. The first-order chi connectivity index (χ1) is 9.02. The lowest BCUT2D eigenvalue weighted by atomic mass is 10.0. The van der Waals surface area contributed by atoms with Crippen LogP contribution in [0.1, 0.15) is 32.1 Å². The molecule has 1 unspecified atom stereocenters. The predicted molar refractivity (Wildman–Crippen MR) is 66.3 cm³/mol. The zero-order valence-corrected chi connectivity index (χ0v) is 10.7. The number of rotatable bonds is 2. The van der Waals surface area contributed by atoms with E-state index in [0.29, 0.717) is 32.4 Å². The van der Waals surface area contributed by atoms with E-state index in [0.717, 1.165) is 12.8 Å². The minimum Gasteiger partial charge on any atom is -0.480 e. The van der Waals surface area contributed by atoms with Crippen LogP contribution in [0.25, 0.3) is 0 Å². The fourth-order valence-corrected chi connectivity index (χ4v) is 2.87. The molecule has 2 aliphatic heterocycles. The summed E-state index contributed by atoms with van der Waals surface area (Å²) in [5.41, 5.74) is 5.32. The lowest BCUT2D eigenvalue weighted by Gasteiger charge is -2.37. The Kier molecular flexibility index (Phi) is 3.92. The number of carboxylic acid groups (broad SMARTS) is 1. The van der Waals surface area contributed by atoms with Crippen LogP contribution in [-0.4, -0.2) is 58.0 Å². The van der Waals surface area contributed by atoms with Gasteiger partial charge in [0.05, 0.1) is 0 Å². The number of piperidine rings is 1. The van der Waals surface area contributed by atoms with Crippen LogP contribution >= 0.6 is 0 Å². The van der Waals surface area contributed by atoms with Crippen LogP contribution in [0.15, 0.2) is 0 Å². The summed E-state index contributed by atoms with van der Waals surface area (Å²) in [7, 11) is 0. The summed E-state index contributed by atoms with van der Waals surface area (Å²) < 4.78 is 0. The van der Waals surface area contributed by atoms with Gasteiger partial charge in [0.2, 0.25) is 5.91 Å². The molecule has 0 aromatic rings. The summed E-state index contributed by atoms with van der Waals surface area (Å²) in [5.74, 6) is -1.50. The second-order valence-electron chi connectivity index (χ2n) is 5.08. The summed E-state index contributed by atoms with van der Waals surface area (Å²) in [4.78, 5) is 37.7. The van der Waals surface area contributed by atoms with E-state index in [-0.39, 0.29) is 6.03 Å². The Bertz CT molecular complexity index is 398. The standard InChI is InChI=1S/C12H19N3O4/c13-10(16)8-4-1-2-6-14(8)12(19)15-7-3-5-9(15)11(17)18/h8-9H,1-7H2,(H2,13,16)(H,17,18)/t8?,9-/m0/s1. The van der Waals surface area contributed by atoms with E-state index in [9.17, 15) is 14.4 Å². The van der Waals surface area contributed by atoms with Crippen LogP contribution in [-0.2, 0) is 9.59 Å². The molecule has 2 saturated heterocycles. The Balaban J connectivity index is 2.13. The average molecular weight is 269 g/mol. The van der Waals surface area contributed by atoms with Gasteiger partial charge in [0, 0.05) is 13.1 Å². The fourth-order valence-electron chi connectivity index (χ4n) is 2.87. The van der Waals surface area contributed by atoms with Gasteiger partial charge in [-0.1, -0.05) is 0 Å². The molecule has 3 amide bonds. The van der Waals surface area contributed by atoms with E-state index in [1.54, 1.807) is 0 Å². The summed E-state index contributed by atoms with van der Waals surface area (Å²) in [6.45, 7) is 0.896. The number of aliphatic carboxylic acids is 1. The second-order valence-corrected chi connectivity index (χ2v) is 5.08. The minimum absolute atomic E-state index is 0.367. The highest BCUT2D eigenvalue weighted by Crippen LogP contribution is 2.24. The van der Waals surface area contributed by atoms with Gasteiger partial charge in [0.15, 0.2) is 0 Å². The molecule has 0 aromatic heterocycles. The smallest absolute Gasteiger partial charge is 0.326 e. The Morgan fingerprint density at radius 2 is 1.53 bits per heavy atom. The van der Waals surface area contributed by atoms with E-state index in [2.05, 4.69) is 0 Å². The molecule has 2 heterocycles. The summed E-state index contributed by atoms with van der Waals surface area (Å²) in [5, 5.41) is 9.10. The number of nitrogens with two attached hydrogens (primary N) is 1. The van der Waals surface area contributed by atoms with Gasteiger partial charge in [-0.3, -0.25) is 4.79 Å². The summed E-state index contributed by atoms with van der Waals surface area (Å²) in [6, 6.07) is -1.74. The molecule has 7 nitrogen and oxygen atoms in total. The molecule has 0 spiro atoms. The first-order valence-corrected chi connectivity index (χ1v) is 6.61. The van der Waals surface area contributed by atoms with Gasteiger partial charge in [0.25, 0.3) is 0 Å². The van der Waals surface area contributed by atoms with Crippen LogP contribution in [0.5, 0.6) is 0 Å². The number of carbonyl (C=O) groups excluding carboxylic acids is 2. The number of hydrogen-bond donors (Lipinski definition) is 2. The van der Waals surface area contributed by atoms with Gasteiger partial charge in [-0.05, 0) is 32.1 Å². The number of carbonyl (C=O) groups is 3. The molecule has 3 N–H and O–H groups in total. The average Bonchev–Trinajstić information content (AvgIpc) is 2.87. The number of urea groups is 1. The minimum atomic E-state index is -0.988. The van der Waals surface area contributed by atoms with Crippen LogP contribution < -0.4 is 5.73 Å². The van der Waals surface area contributed by atoms with E-state index in [4.69, 9.17) is 10.8 Å². The maximum Gasteiger partial charge on any atom is 0.326 e. The van der Waals surface area contributed by atoms with Crippen molar-refractivity contribution < 1.29 is 19.5 Å².